The molecule has 0 atom stereocenters. The van der Waals surface area contributed by atoms with E-state index >= 15 is 0 Å². The summed E-state index contributed by atoms with van der Waals surface area (Å²) in [5, 5.41) is 0. The first-order chi connectivity index (χ1) is 9.70. The fourth-order valence-electron chi connectivity index (χ4n) is 2.60. The van der Waals surface area contributed by atoms with Gasteiger partial charge in [-0.25, -0.2) is 0 Å². The third-order valence-electron chi connectivity index (χ3n) is 3.49. The van der Waals surface area contributed by atoms with Crippen LogP contribution in [0, 0.1) is 13.8 Å². The van der Waals surface area contributed by atoms with Crippen molar-refractivity contribution in [3.05, 3.63) is 77.7 Å². The van der Waals surface area contributed by atoms with Gasteiger partial charge in [0.25, 0.3) is 0 Å². The lowest BCUT2D eigenvalue weighted by Crippen LogP contribution is -1.98. The summed E-state index contributed by atoms with van der Waals surface area (Å²) in [5.74, 6) is 0. The minimum atomic E-state index is 1.20. The first-order valence-corrected chi connectivity index (χ1v) is 6.89. The molecular weight excluding hydrogens is 242 g/mol. The summed E-state index contributed by atoms with van der Waals surface area (Å²) in [7, 11) is 0. The Hall–Kier alpha value is -2.28. The molecule has 20 heavy (non-hydrogen) atoms. The number of hydrogen-bond acceptors (Lipinski definition) is 0. The molecule has 0 amide bonds. The lowest BCUT2D eigenvalue weighted by atomic mass is 10.1. The molecule has 1 aromatic heterocycles. The van der Waals surface area contributed by atoms with Crippen molar-refractivity contribution in [2.24, 2.45) is 0 Å². The second kappa shape index (κ2) is 6.25. The Balaban J connectivity index is 2.71. The van der Waals surface area contributed by atoms with Gasteiger partial charge in [0.2, 0.25) is 0 Å². The van der Waals surface area contributed by atoms with E-state index in [1.54, 1.807) is 0 Å². The van der Waals surface area contributed by atoms with E-state index in [-0.39, 0.29) is 0 Å². The average Bonchev–Trinajstić information content (AvgIpc) is 2.69. The molecule has 1 heteroatoms. The summed E-state index contributed by atoms with van der Waals surface area (Å²) in [6.07, 6.45) is 10.2. The molecule has 0 unspecified atom stereocenters. The second-order valence-electron chi connectivity index (χ2n) is 4.76. The molecule has 0 fully saturated rings. The molecule has 0 aliphatic rings. The van der Waals surface area contributed by atoms with Gasteiger partial charge in [0.1, 0.15) is 0 Å². The highest BCUT2D eigenvalue weighted by molar-refractivity contribution is 5.71. The number of rotatable bonds is 4. The number of hydrogen-bond donors (Lipinski definition) is 0. The Morgan fingerprint density at radius 3 is 2.10 bits per heavy atom. The van der Waals surface area contributed by atoms with E-state index in [0.717, 1.165) is 0 Å². The van der Waals surface area contributed by atoms with Gasteiger partial charge < -0.3 is 4.57 Å². The molecule has 102 valence electrons. The van der Waals surface area contributed by atoms with Crippen LogP contribution in [0.15, 0.2) is 55.1 Å². The van der Waals surface area contributed by atoms with Gasteiger partial charge in [-0.1, -0.05) is 55.2 Å². The molecule has 1 nitrogen and oxygen atoms in total. The quantitative estimate of drug-likeness (QED) is 0.657. The minimum absolute atomic E-state index is 1.20. The second-order valence-corrected chi connectivity index (χ2v) is 4.76. The van der Waals surface area contributed by atoms with Crippen molar-refractivity contribution in [2.75, 3.05) is 0 Å². The Morgan fingerprint density at radius 2 is 1.55 bits per heavy atom. The molecule has 1 aromatic carbocycles. The maximum absolute atomic E-state index is 3.76. The van der Waals surface area contributed by atoms with Crippen LogP contribution in [0.25, 0.3) is 17.8 Å². The molecule has 0 N–H and O–H groups in total. The van der Waals surface area contributed by atoms with Gasteiger partial charge in [-0.05, 0) is 32.9 Å². The molecule has 0 saturated carbocycles. The van der Waals surface area contributed by atoms with E-state index in [4.69, 9.17) is 0 Å². The fourth-order valence-corrected chi connectivity index (χ4v) is 2.60. The third-order valence-corrected chi connectivity index (χ3v) is 3.49. The summed E-state index contributed by atoms with van der Waals surface area (Å²) in [6, 6.07) is 10.5. The van der Waals surface area contributed by atoms with Gasteiger partial charge in [-0.15, -0.1) is 0 Å². The van der Waals surface area contributed by atoms with Crippen molar-refractivity contribution in [3.63, 3.8) is 0 Å². The van der Waals surface area contributed by atoms with Crippen molar-refractivity contribution >= 4 is 12.2 Å². The monoisotopic (exact) mass is 263 g/mol. The highest BCUT2D eigenvalue weighted by atomic mass is 15.0. The Labute approximate surface area is 121 Å². The molecule has 1 heterocycles. The van der Waals surface area contributed by atoms with Gasteiger partial charge in [-0.3, -0.25) is 0 Å². The molecule has 0 aliphatic heterocycles. The van der Waals surface area contributed by atoms with Gasteiger partial charge in [0, 0.05) is 28.2 Å². The molecular formula is C19H21N. The zero-order valence-electron chi connectivity index (χ0n) is 12.4. The Kier molecular flexibility index (Phi) is 4.41. The van der Waals surface area contributed by atoms with Crippen LogP contribution in [0.2, 0.25) is 0 Å². The topological polar surface area (TPSA) is 4.93 Å². The van der Waals surface area contributed by atoms with E-state index in [2.05, 4.69) is 74.4 Å². The summed E-state index contributed by atoms with van der Waals surface area (Å²) in [6.45, 7) is 10.1. The van der Waals surface area contributed by atoms with Crippen LogP contribution in [0.1, 0.15) is 29.4 Å². The predicted octanol–water partition coefficient (Wildman–Crippen LogP) is 5.33. The largest absolute Gasteiger partial charge is 0.317 e. The molecule has 0 aliphatic carbocycles. The van der Waals surface area contributed by atoms with Gasteiger partial charge in [-0.2, -0.15) is 0 Å². The minimum Gasteiger partial charge on any atom is -0.317 e. The number of allylic oxidation sites excluding steroid dienone is 3. The third kappa shape index (κ3) is 2.53. The zero-order valence-corrected chi connectivity index (χ0v) is 12.4. The maximum Gasteiger partial charge on any atom is 0.0455 e. The lowest BCUT2D eigenvalue weighted by molar-refractivity contribution is 0.963. The highest BCUT2D eigenvalue weighted by Crippen LogP contribution is 2.28. The molecule has 2 aromatic rings. The summed E-state index contributed by atoms with van der Waals surface area (Å²) in [4.78, 5) is 0. The van der Waals surface area contributed by atoms with Crippen molar-refractivity contribution in [3.8, 4) is 5.69 Å². The van der Waals surface area contributed by atoms with Crippen LogP contribution in [0.5, 0.6) is 0 Å². The number of aromatic nitrogens is 1. The van der Waals surface area contributed by atoms with Crippen LogP contribution < -0.4 is 0 Å². The van der Waals surface area contributed by atoms with Crippen LogP contribution in [0.4, 0.5) is 0 Å². The van der Waals surface area contributed by atoms with Crippen LogP contribution >= 0.6 is 0 Å². The number of benzene rings is 1. The average molecular weight is 263 g/mol. The van der Waals surface area contributed by atoms with Crippen molar-refractivity contribution in [1.82, 2.24) is 4.57 Å². The molecule has 0 spiro atoms. The fraction of sp³-hybridized carbons (Fsp3) is 0.158. The van der Waals surface area contributed by atoms with Crippen molar-refractivity contribution < 1.29 is 0 Å². The SMILES string of the molecule is C=C/C=C\c1c(/C=C\C)c(C)n(-c2ccccc2)c1C. The molecule has 0 bridgehead atoms. The maximum atomic E-state index is 3.76. The van der Waals surface area contributed by atoms with Crippen LogP contribution in [0.3, 0.4) is 0 Å². The van der Waals surface area contributed by atoms with E-state index in [1.165, 1.54) is 28.2 Å². The van der Waals surface area contributed by atoms with Crippen molar-refractivity contribution in [1.29, 1.82) is 0 Å². The molecule has 2 rings (SSSR count). The van der Waals surface area contributed by atoms with Gasteiger partial charge >= 0.3 is 0 Å². The standard InChI is InChI=1S/C19H21N/c1-5-7-14-19-16(4)20(15(3)18(19)11-6-2)17-12-9-8-10-13-17/h5-14H,1H2,2-4H3/b11-6-,14-7-. The smallest absolute Gasteiger partial charge is 0.0455 e. The van der Waals surface area contributed by atoms with Gasteiger partial charge in [0.15, 0.2) is 0 Å². The lowest BCUT2D eigenvalue weighted by Gasteiger charge is -2.09. The van der Waals surface area contributed by atoms with Crippen LogP contribution in [-0.2, 0) is 0 Å². The van der Waals surface area contributed by atoms with Crippen molar-refractivity contribution in [2.45, 2.75) is 20.8 Å². The van der Waals surface area contributed by atoms with Crippen LogP contribution in [-0.4, -0.2) is 4.57 Å². The normalized spacial score (nSPS) is 11.6. The number of nitrogens with zero attached hydrogens (tertiary/aromatic N) is 1. The summed E-state index contributed by atoms with van der Waals surface area (Å²) >= 11 is 0. The Morgan fingerprint density at radius 1 is 0.950 bits per heavy atom. The summed E-state index contributed by atoms with van der Waals surface area (Å²) < 4.78 is 2.30. The van der Waals surface area contributed by atoms with Gasteiger partial charge in [0.05, 0.1) is 0 Å². The molecule has 0 saturated heterocycles. The van der Waals surface area contributed by atoms with E-state index in [1.807, 2.05) is 18.2 Å². The van der Waals surface area contributed by atoms with E-state index in [9.17, 15) is 0 Å². The molecule has 0 radical (unpaired) electrons. The highest BCUT2D eigenvalue weighted by Gasteiger charge is 2.14. The zero-order chi connectivity index (χ0) is 14.5. The first-order valence-electron chi connectivity index (χ1n) is 6.89. The van der Waals surface area contributed by atoms with E-state index in [0.29, 0.717) is 0 Å². The predicted molar refractivity (Wildman–Crippen MR) is 89.2 cm³/mol. The first kappa shape index (κ1) is 14.1. The van der Waals surface area contributed by atoms with E-state index < -0.39 is 0 Å². The number of para-hydroxylation sites is 1. The summed E-state index contributed by atoms with van der Waals surface area (Å²) in [5.41, 5.74) is 6.23. The Bertz CT molecular complexity index is 655.